The van der Waals surface area contributed by atoms with E-state index in [1.54, 1.807) is 11.3 Å². The topological polar surface area (TPSA) is 49.0 Å². The minimum absolute atomic E-state index is 0.0193. The van der Waals surface area contributed by atoms with Gasteiger partial charge in [-0.2, -0.15) is 0 Å². The lowest BCUT2D eigenvalue weighted by atomic mass is 10.0. The first-order valence-electron chi connectivity index (χ1n) is 8.43. The molecule has 0 radical (unpaired) electrons. The summed E-state index contributed by atoms with van der Waals surface area (Å²) >= 11 is 1.61. The molecule has 1 N–H and O–H groups in total. The van der Waals surface area contributed by atoms with Crippen LogP contribution in [0.1, 0.15) is 29.1 Å². The lowest BCUT2D eigenvalue weighted by Crippen LogP contribution is -2.22. The van der Waals surface area contributed by atoms with E-state index in [-0.39, 0.29) is 5.56 Å². The number of nitrogens with zero attached hydrogens (tertiary/aromatic N) is 2. The molecule has 24 heavy (non-hydrogen) atoms. The molecular formula is C19H21N3OS. The number of likely N-dealkylation sites (tertiary alicyclic amines) is 1. The van der Waals surface area contributed by atoms with Gasteiger partial charge >= 0.3 is 0 Å². The Morgan fingerprint density at radius 2 is 1.88 bits per heavy atom. The van der Waals surface area contributed by atoms with E-state index in [9.17, 15) is 4.79 Å². The standard InChI is InChI=1S/C19H21N3OS/c1-12-5-7-14(8-6-12)16-13(2)24-19-17(16)18(23)20-15(21-19)11-22-9-3-4-10-22/h5-8H,3-4,9-11H2,1-2H3,(H,20,21,23). The van der Waals surface area contributed by atoms with E-state index in [1.807, 2.05) is 0 Å². The van der Waals surface area contributed by atoms with Gasteiger partial charge in [-0.3, -0.25) is 9.69 Å². The smallest absolute Gasteiger partial charge is 0.260 e. The van der Waals surface area contributed by atoms with E-state index in [4.69, 9.17) is 4.98 Å². The molecule has 0 spiro atoms. The van der Waals surface area contributed by atoms with Crippen molar-refractivity contribution in [2.24, 2.45) is 0 Å². The summed E-state index contributed by atoms with van der Waals surface area (Å²) in [6, 6.07) is 8.34. The van der Waals surface area contributed by atoms with Gasteiger partial charge in [0.2, 0.25) is 0 Å². The molecule has 0 unspecified atom stereocenters. The predicted molar refractivity (Wildman–Crippen MR) is 99.7 cm³/mol. The van der Waals surface area contributed by atoms with Crippen LogP contribution in [-0.4, -0.2) is 28.0 Å². The predicted octanol–water partition coefficient (Wildman–Crippen LogP) is 3.86. The molecule has 0 bridgehead atoms. The first-order chi connectivity index (χ1) is 11.6. The summed E-state index contributed by atoms with van der Waals surface area (Å²) in [6.07, 6.45) is 2.48. The number of benzene rings is 1. The summed E-state index contributed by atoms with van der Waals surface area (Å²) in [5.74, 6) is 0.783. The Balaban J connectivity index is 1.80. The van der Waals surface area contributed by atoms with Gasteiger partial charge in [-0.15, -0.1) is 11.3 Å². The largest absolute Gasteiger partial charge is 0.309 e. The van der Waals surface area contributed by atoms with Gasteiger partial charge in [0.05, 0.1) is 11.9 Å². The second kappa shape index (κ2) is 6.15. The summed E-state index contributed by atoms with van der Waals surface area (Å²) in [5.41, 5.74) is 3.31. The van der Waals surface area contributed by atoms with Crippen LogP contribution in [-0.2, 0) is 6.54 Å². The third-order valence-corrected chi connectivity index (χ3v) is 5.70. The molecule has 1 aromatic carbocycles. The zero-order chi connectivity index (χ0) is 16.7. The molecule has 2 aromatic heterocycles. The number of hydrogen-bond acceptors (Lipinski definition) is 4. The summed E-state index contributed by atoms with van der Waals surface area (Å²) < 4.78 is 0. The minimum atomic E-state index is -0.0193. The van der Waals surface area contributed by atoms with E-state index in [0.717, 1.165) is 51.7 Å². The van der Waals surface area contributed by atoms with Crippen molar-refractivity contribution >= 4 is 21.6 Å². The highest BCUT2D eigenvalue weighted by Gasteiger charge is 2.18. The Kier molecular flexibility index (Phi) is 3.98. The van der Waals surface area contributed by atoms with Crippen molar-refractivity contribution < 1.29 is 0 Å². The number of aromatic amines is 1. The van der Waals surface area contributed by atoms with Crippen LogP contribution in [0.5, 0.6) is 0 Å². The third-order valence-electron chi connectivity index (χ3n) is 4.70. The van der Waals surface area contributed by atoms with Gasteiger partial charge in [-0.05, 0) is 45.3 Å². The van der Waals surface area contributed by atoms with Crippen LogP contribution in [0.4, 0.5) is 0 Å². The molecule has 5 heteroatoms. The van der Waals surface area contributed by atoms with Gasteiger partial charge in [-0.25, -0.2) is 4.98 Å². The van der Waals surface area contributed by atoms with Crippen molar-refractivity contribution in [3.8, 4) is 11.1 Å². The Morgan fingerprint density at radius 3 is 2.58 bits per heavy atom. The highest BCUT2D eigenvalue weighted by atomic mass is 32.1. The first-order valence-corrected chi connectivity index (χ1v) is 9.25. The second-order valence-corrected chi connectivity index (χ2v) is 7.78. The number of thiophene rings is 1. The van der Waals surface area contributed by atoms with Crippen molar-refractivity contribution in [2.75, 3.05) is 13.1 Å². The SMILES string of the molecule is Cc1ccc(-c2c(C)sc3nc(CN4CCCC4)[nH]c(=O)c23)cc1. The molecule has 1 saturated heterocycles. The lowest BCUT2D eigenvalue weighted by molar-refractivity contribution is 0.322. The van der Waals surface area contributed by atoms with Gasteiger partial charge in [-0.1, -0.05) is 29.8 Å². The highest BCUT2D eigenvalue weighted by Crippen LogP contribution is 2.35. The van der Waals surface area contributed by atoms with Crippen LogP contribution < -0.4 is 5.56 Å². The summed E-state index contributed by atoms with van der Waals surface area (Å²) in [6.45, 7) is 7.07. The number of hydrogen-bond donors (Lipinski definition) is 1. The van der Waals surface area contributed by atoms with Crippen molar-refractivity contribution in [2.45, 2.75) is 33.2 Å². The van der Waals surface area contributed by atoms with Crippen LogP contribution in [0.15, 0.2) is 29.1 Å². The van der Waals surface area contributed by atoms with Crippen LogP contribution in [0.3, 0.4) is 0 Å². The van der Waals surface area contributed by atoms with E-state index >= 15 is 0 Å². The Morgan fingerprint density at radius 1 is 1.17 bits per heavy atom. The molecular weight excluding hydrogens is 318 g/mol. The average molecular weight is 339 g/mol. The average Bonchev–Trinajstić information content (AvgIpc) is 3.16. The fraction of sp³-hybridized carbons (Fsp3) is 0.368. The van der Waals surface area contributed by atoms with Gasteiger partial charge in [0, 0.05) is 10.4 Å². The lowest BCUT2D eigenvalue weighted by Gasteiger charge is -2.13. The summed E-state index contributed by atoms with van der Waals surface area (Å²) in [5, 5.41) is 0.728. The molecule has 1 fully saturated rings. The van der Waals surface area contributed by atoms with Gasteiger partial charge in [0.25, 0.3) is 5.56 Å². The highest BCUT2D eigenvalue weighted by molar-refractivity contribution is 7.19. The maximum atomic E-state index is 12.7. The van der Waals surface area contributed by atoms with E-state index in [2.05, 4.69) is 48.0 Å². The molecule has 1 aliphatic heterocycles. The molecule has 0 saturated carbocycles. The van der Waals surface area contributed by atoms with Crippen molar-refractivity contribution in [3.63, 3.8) is 0 Å². The quantitative estimate of drug-likeness (QED) is 0.788. The number of fused-ring (bicyclic) bond motifs is 1. The number of rotatable bonds is 3. The molecule has 0 aliphatic carbocycles. The second-order valence-electron chi connectivity index (χ2n) is 6.58. The fourth-order valence-corrected chi connectivity index (χ4v) is 4.52. The maximum Gasteiger partial charge on any atom is 0.260 e. The number of aromatic nitrogens is 2. The fourth-order valence-electron chi connectivity index (χ4n) is 3.46. The van der Waals surface area contributed by atoms with Crippen molar-refractivity contribution in [1.82, 2.24) is 14.9 Å². The zero-order valence-electron chi connectivity index (χ0n) is 14.1. The zero-order valence-corrected chi connectivity index (χ0v) is 14.9. The van der Waals surface area contributed by atoms with Crippen LogP contribution in [0, 0.1) is 13.8 Å². The van der Waals surface area contributed by atoms with Gasteiger partial charge in [0.15, 0.2) is 0 Å². The van der Waals surface area contributed by atoms with Crippen molar-refractivity contribution in [3.05, 3.63) is 50.9 Å². The minimum Gasteiger partial charge on any atom is -0.309 e. The van der Waals surface area contributed by atoms with E-state index in [0.29, 0.717) is 0 Å². The van der Waals surface area contributed by atoms with E-state index in [1.165, 1.54) is 18.4 Å². The third kappa shape index (κ3) is 2.78. The Hall–Kier alpha value is -1.98. The molecule has 0 amide bonds. The maximum absolute atomic E-state index is 12.7. The molecule has 3 heterocycles. The van der Waals surface area contributed by atoms with Crippen LogP contribution in [0.2, 0.25) is 0 Å². The molecule has 4 rings (SSSR count). The normalized spacial score (nSPS) is 15.4. The van der Waals surface area contributed by atoms with Gasteiger partial charge < -0.3 is 4.98 Å². The van der Waals surface area contributed by atoms with Crippen molar-refractivity contribution in [1.29, 1.82) is 0 Å². The Bertz CT molecular complexity index is 934. The molecule has 1 aliphatic rings. The van der Waals surface area contributed by atoms with Gasteiger partial charge in [0.1, 0.15) is 10.7 Å². The van der Waals surface area contributed by atoms with E-state index < -0.39 is 0 Å². The Labute approximate surface area is 145 Å². The molecule has 0 atom stereocenters. The molecule has 4 nitrogen and oxygen atoms in total. The first kappa shape index (κ1) is 15.5. The summed E-state index contributed by atoms with van der Waals surface area (Å²) in [7, 11) is 0. The number of nitrogens with one attached hydrogen (secondary N) is 1. The van der Waals surface area contributed by atoms with Crippen LogP contribution in [0.25, 0.3) is 21.3 Å². The molecule has 124 valence electrons. The number of H-pyrrole nitrogens is 1. The monoisotopic (exact) mass is 339 g/mol. The van der Waals surface area contributed by atoms with Crippen LogP contribution >= 0.6 is 11.3 Å². The summed E-state index contributed by atoms with van der Waals surface area (Å²) in [4.78, 5) is 24.8. The molecule has 3 aromatic rings. The number of aryl methyl sites for hydroxylation is 2.